The van der Waals surface area contributed by atoms with Gasteiger partial charge in [0, 0.05) is 25.2 Å². The molecular weight excluding hydrogens is 224 g/mol. The second kappa shape index (κ2) is 7.19. The molecular formula is C14H26N4. The van der Waals surface area contributed by atoms with Crippen LogP contribution in [0.4, 0.5) is 11.6 Å². The van der Waals surface area contributed by atoms with Gasteiger partial charge in [0.25, 0.3) is 0 Å². The molecule has 0 aromatic carbocycles. The van der Waals surface area contributed by atoms with Gasteiger partial charge in [-0.3, -0.25) is 0 Å². The lowest BCUT2D eigenvalue weighted by molar-refractivity contribution is 0.612. The summed E-state index contributed by atoms with van der Waals surface area (Å²) in [5.74, 6) is 2.69. The molecule has 0 saturated heterocycles. The Labute approximate surface area is 111 Å². The first-order valence-electron chi connectivity index (χ1n) is 6.96. The maximum atomic E-state index is 4.49. The fourth-order valence-electron chi connectivity index (χ4n) is 2.13. The van der Waals surface area contributed by atoms with E-state index < -0.39 is 0 Å². The summed E-state index contributed by atoms with van der Waals surface area (Å²) in [7, 11) is 0. The Morgan fingerprint density at radius 2 is 1.94 bits per heavy atom. The molecule has 0 saturated carbocycles. The van der Waals surface area contributed by atoms with E-state index in [-0.39, 0.29) is 0 Å². The van der Waals surface area contributed by atoms with Crippen LogP contribution in [0.25, 0.3) is 0 Å². The van der Waals surface area contributed by atoms with Crippen LogP contribution in [0.15, 0.2) is 6.33 Å². The Kier molecular flexibility index (Phi) is 5.89. The molecule has 0 unspecified atom stereocenters. The highest BCUT2D eigenvalue weighted by molar-refractivity contribution is 5.58. The zero-order chi connectivity index (χ0) is 13.5. The molecule has 1 rings (SSSR count). The van der Waals surface area contributed by atoms with Crippen molar-refractivity contribution in [3.63, 3.8) is 0 Å². The molecule has 0 amide bonds. The van der Waals surface area contributed by atoms with Gasteiger partial charge in [0.1, 0.15) is 18.0 Å². The summed E-state index contributed by atoms with van der Waals surface area (Å²) in [5, 5.41) is 3.32. The van der Waals surface area contributed by atoms with Crippen molar-refractivity contribution < 1.29 is 0 Å². The first-order chi connectivity index (χ1) is 8.63. The molecule has 4 nitrogen and oxygen atoms in total. The maximum absolute atomic E-state index is 4.49. The van der Waals surface area contributed by atoms with Crippen LogP contribution in [0, 0.1) is 5.92 Å². The molecule has 0 radical (unpaired) electrons. The number of hydrogen-bond acceptors (Lipinski definition) is 4. The van der Waals surface area contributed by atoms with Crippen molar-refractivity contribution in [3.05, 3.63) is 11.9 Å². The van der Waals surface area contributed by atoms with Crippen molar-refractivity contribution in [2.45, 2.75) is 41.0 Å². The van der Waals surface area contributed by atoms with Crippen molar-refractivity contribution in [2.75, 3.05) is 29.9 Å². The Morgan fingerprint density at radius 1 is 1.22 bits per heavy atom. The van der Waals surface area contributed by atoms with Gasteiger partial charge >= 0.3 is 0 Å². The third-order valence-electron chi connectivity index (χ3n) is 2.89. The van der Waals surface area contributed by atoms with Crippen molar-refractivity contribution >= 4 is 11.6 Å². The normalized spacial score (nSPS) is 10.8. The number of hydrogen-bond donors (Lipinski definition) is 1. The minimum Gasteiger partial charge on any atom is -0.370 e. The average Bonchev–Trinajstić information content (AvgIpc) is 2.36. The van der Waals surface area contributed by atoms with Gasteiger partial charge in [-0.2, -0.15) is 0 Å². The molecule has 1 N–H and O–H groups in total. The highest BCUT2D eigenvalue weighted by atomic mass is 15.2. The summed E-state index contributed by atoms with van der Waals surface area (Å²) in [6.07, 6.45) is 2.61. The molecule has 1 aromatic rings. The molecule has 0 fully saturated rings. The summed E-state index contributed by atoms with van der Waals surface area (Å²) >= 11 is 0. The Hall–Kier alpha value is -1.32. The number of nitrogens with zero attached hydrogens (tertiary/aromatic N) is 3. The van der Waals surface area contributed by atoms with Gasteiger partial charge in [0.2, 0.25) is 0 Å². The minimum absolute atomic E-state index is 0.632. The van der Waals surface area contributed by atoms with Crippen molar-refractivity contribution in [2.24, 2.45) is 5.92 Å². The van der Waals surface area contributed by atoms with E-state index in [9.17, 15) is 0 Å². The van der Waals surface area contributed by atoms with Gasteiger partial charge in [0.15, 0.2) is 0 Å². The predicted octanol–water partition coefficient (Wildman–Crippen LogP) is 2.95. The fourth-order valence-corrected chi connectivity index (χ4v) is 2.13. The molecule has 1 aromatic heterocycles. The second-order valence-corrected chi connectivity index (χ2v) is 4.84. The fraction of sp³-hybridized carbons (Fsp3) is 0.714. The summed E-state index contributed by atoms with van der Waals surface area (Å²) in [4.78, 5) is 11.2. The van der Waals surface area contributed by atoms with Crippen molar-refractivity contribution in [1.82, 2.24) is 9.97 Å². The van der Waals surface area contributed by atoms with Gasteiger partial charge in [-0.15, -0.1) is 0 Å². The van der Waals surface area contributed by atoms with Crippen LogP contribution in [0.2, 0.25) is 0 Å². The third kappa shape index (κ3) is 3.59. The zero-order valence-corrected chi connectivity index (χ0v) is 12.3. The van der Waals surface area contributed by atoms with E-state index in [1.807, 2.05) is 0 Å². The second-order valence-electron chi connectivity index (χ2n) is 4.84. The van der Waals surface area contributed by atoms with E-state index in [1.54, 1.807) is 6.33 Å². The number of anilines is 2. The van der Waals surface area contributed by atoms with Crippen LogP contribution in [0.1, 0.15) is 40.2 Å². The maximum Gasteiger partial charge on any atom is 0.137 e. The van der Waals surface area contributed by atoms with E-state index in [4.69, 9.17) is 0 Å². The molecule has 0 aliphatic heterocycles. The van der Waals surface area contributed by atoms with Gasteiger partial charge in [-0.25, -0.2) is 9.97 Å². The van der Waals surface area contributed by atoms with E-state index >= 15 is 0 Å². The molecule has 0 aliphatic carbocycles. The standard InChI is InChI=1S/C14H26N4/c1-6-12-13(15-7-2)16-10-17-14(12)18(8-3)9-11(4)5/h10-11H,6-9H2,1-5H3,(H,15,16,17). The topological polar surface area (TPSA) is 41.1 Å². The lowest BCUT2D eigenvalue weighted by Gasteiger charge is -2.26. The van der Waals surface area contributed by atoms with Gasteiger partial charge in [-0.05, 0) is 26.2 Å². The molecule has 0 aliphatic rings. The number of rotatable bonds is 7. The molecule has 1 heterocycles. The zero-order valence-electron chi connectivity index (χ0n) is 12.3. The first-order valence-corrected chi connectivity index (χ1v) is 6.96. The molecule has 18 heavy (non-hydrogen) atoms. The summed E-state index contributed by atoms with van der Waals surface area (Å²) in [6.45, 7) is 13.8. The van der Waals surface area contributed by atoms with E-state index in [0.717, 1.165) is 37.7 Å². The molecule has 0 bridgehead atoms. The summed E-state index contributed by atoms with van der Waals surface area (Å²) < 4.78 is 0. The number of aromatic nitrogens is 2. The Balaban J connectivity index is 3.08. The Bertz CT molecular complexity index is 363. The highest BCUT2D eigenvalue weighted by Crippen LogP contribution is 2.24. The summed E-state index contributed by atoms with van der Waals surface area (Å²) in [6, 6.07) is 0. The average molecular weight is 250 g/mol. The molecule has 0 spiro atoms. The van der Waals surface area contributed by atoms with Crippen molar-refractivity contribution in [1.29, 1.82) is 0 Å². The highest BCUT2D eigenvalue weighted by Gasteiger charge is 2.15. The summed E-state index contributed by atoms with van der Waals surface area (Å²) in [5.41, 5.74) is 1.22. The van der Waals surface area contributed by atoms with Crippen LogP contribution in [-0.2, 0) is 6.42 Å². The van der Waals surface area contributed by atoms with E-state index in [0.29, 0.717) is 5.92 Å². The Morgan fingerprint density at radius 3 is 2.44 bits per heavy atom. The quantitative estimate of drug-likeness (QED) is 0.808. The smallest absolute Gasteiger partial charge is 0.137 e. The molecule has 102 valence electrons. The molecule has 0 atom stereocenters. The SMILES string of the molecule is CCNc1ncnc(N(CC)CC(C)C)c1CC. The van der Waals surface area contributed by atoms with Gasteiger partial charge in [-0.1, -0.05) is 20.8 Å². The largest absolute Gasteiger partial charge is 0.370 e. The van der Waals surface area contributed by atoms with Crippen molar-refractivity contribution in [3.8, 4) is 0 Å². The van der Waals surface area contributed by atoms with Gasteiger partial charge < -0.3 is 10.2 Å². The minimum atomic E-state index is 0.632. The lowest BCUT2D eigenvalue weighted by atomic mass is 10.1. The number of nitrogens with one attached hydrogen (secondary N) is 1. The third-order valence-corrected chi connectivity index (χ3v) is 2.89. The van der Waals surface area contributed by atoms with E-state index in [1.165, 1.54) is 5.56 Å². The van der Waals surface area contributed by atoms with E-state index in [2.05, 4.69) is 54.8 Å². The molecule has 4 heteroatoms. The van der Waals surface area contributed by atoms with Crippen LogP contribution < -0.4 is 10.2 Å². The monoisotopic (exact) mass is 250 g/mol. The predicted molar refractivity (Wildman–Crippen MR) is 78.3 cm³/mol. The van der Waals surface area contributed by atoms with Gasteiger partial charge in [0.05, 0.1) is 0 Å². The van der Waals surface area contributed by atoms with Crippen LogP contribution in [0.3, 0.4) is 0 Å². The van der Waals surface area contributed by atoms with Crippen LogP contribution in [-0.4, -0.2) is 29.6 Å². The van der Waals surface area contributed by atoms with Crippen LogP contribution >= 0.6 is 0 Å². The first kappa shape index (κ1) is 14.7. The lowest BCUT2D eigenvalue weighted by Crippen LogP contribution is -2.29. The van der Waals surface area contributed by atoms with Crippen LogP contribution in [0.5, 0.6) is 0 Å².